The second-order valence-corrected chi connectivity index (χ2v) is 4.46. The summed E-state index contributed by atoms with van der Waals surface area (Å²) in [6.07, 6.45) is 5.02. The van der Waals surface area contributed by atoms with Crippen molar-refractivity contribution in [3.8, 4) is 0 Å². The van der Waals surface area contributed by atoms with E-state index in [1.165, 1.54) is 4.88 Å². The predicted octanol–water partition coefficient (Wildman–Crippen LogP) is 1.82. The van der Waals surface area contributed by atoms with Crippen molar-refractivity contribution in [1.82, 2.24) is 9.97 Å². The van der Waals surface area contributed by atoms with Gasteiger partial charge in [-0.25, -0.2) is 4.98 Å². The summed E-state index contributed by atoms with van der Waals surface area (Å²) < 4.78 is 0. The number of aromatic amines is 1. The van der Waals surface area contributed by atoms with Crippen molar-refractivity contribution < 1.29 is 4.79 Å². The molecule has 0 bridgehead atoms. The lowest BCUT2D eigenvalue weighted by molar-refractivity contribution is -0.118. The molecule has 0 fully saturated rings. The van der Waals surface area contributed by atoms with Crippen molar-refractivity contribution in [3.63, 3.8) is 0 Å². The Labute approximate surface area is 91.5 Å². The number of hydrogen-bond acceptors (Lipinski definition) is 3. The van der Waals surface area contributed by atoms with E-state index in [9.17, 15) is 4.79 Å². The number of aromatic nitrogens is 2. The van der Waals surface area contributed by atoms with E-state index in [2.05, 4.69) is 15.3 Å². The molecule has 0 aromatic carbocycles. The van der Waals surface area contributed by atoms with Crippen LogP contribution in [0.5, 0.6) is 0 Å². The van der Waals surface area contributed by atoms with Gasteiger partial charge >= 0.3 is 0 Å². The number of amides is 1. The Morgan fingerprint density at radius 1 is 1.53 bits per heavy atom. The molecule has 0 spiro atoms. The maximum absolute atomic E-state index is 10.5. The maximum atomic E-state index is 10.5. The Hall–Kier alpha value is -1.36. The Bertz CT molecular complexity index is 460. The molecule has 2 rings (SSSR count). The van der Waals surface area contributed by atoms with E-state index in [-0.39, 0.29) is 5.91 Å². The number of carbonyl (C=O) groups excluding carboxylic acids is 1. The van der Waals surface area contributed by atoms with E-state index < -0.39 is 0 Å². The molecule has 0 unspecified atom stereocenters. The lowest BCUT2D eigenvalue weighted by Crippen LogP contribution is -2.09. The van der Waals surface area contributed by atoms with Crippen LogP contribution in [0.15, 0.2) is 11.7 Å². The van der Waals surface area contributed by atoms with E-state index in [4.69, 9.17) is 5.73 Å². The largest absolute Gasteiger partial charge is 0.370 e. The number of carbonyl (C=O) groups is 1. The highest BCUT2D eigenvalue weighted by Gasteiger charge is 2.06. The normalized spacial score (nSPS) is 10.9. The van der Waals surface area contributed by atoms with Crippen LogP contribution in [0.2, 0.25) is 0 Å². The highest BCUT2D eigenvalue weighted by molar-refractivity contribution is 7.11. The molecule has 0 radical (unpaired) electrons. The van der Waals surface area contributed by atoms with Crippen LogP contribution in [0.1, 0.15) is 24.1 Å². The molecule has 2 heterocycles. The minimum Gasteiger partial charge on any atom is -0.370 e. The minimum atomic E-state index is -0.217. The lowest BCUT2D eigenvalue weighted by Gasteiger charge is -1.96. The molecule has 0 aliphatic rings. The zero-order chi connectivity index (χ0) is 10.7. The third kappa shape index (κ3) is 2.36. The molecule has 80 valence electrons. The fourth-order valence-corrected chi connectivity index (χ4v) is 2.54. The molecule has 0 aliphatic heterocycles. The number of rotatable bonds is 5. The topological polar surface area (TPSA) is 71.8 Å². The first kappa shape index (κ1) is 10.2. The van der Waals surface area contributed by atoms with Gasteiger partial charge in [-0.15, -0.1) is 11.3 Å². The molecule has 4 nitrogen and oxygen atoms in total. The number of nitrogens with one attached hydrogen (secondary N) is 1. The number of H-pyrrole nitrogens is 1. The number of imidazole rings is 1. The third-order valence-corrected chi connectivity index (χ3v) is 3.36. The molecule has 0 aliphatic carbocycles. The SMILES string of the molecule is NC(=O)CCCCc1scc2[nH]cnc12. The van der Waals surface area contributed by atoms with Crippen molar-refractivity contribution >= 4 is 28.3 Å². The first-order valence-corrected chi connectivity index (χ1v) is 5.83. The second-order valence-electron chi connectivity index (χ2n) is 3.50. The molecule has 0 saturated heterocycles. The minimum absolute atomic E-state index is 0.217. The summed E-state index contributed by atoms with van der Waals surface area (Å²) in [4.78, 5) is 19.2. The van der Waals surface area contributed by atoms with Gasteiger partial charge in [-0.05, 0) is 19.3 Å². The van der Waals surface area contributed by atoms with Gasteiger partial charge in [-0.1, -0.05) is 0 Å². The Kier molecular flexibility index (Phi) is 3.01. The van der Waals surface area contributed by atoms with Crippen LogP contribution in [-0.2, 0) is 11.2 Å². The average molecular weight is 223 g/mol. The molecule has 2 aromatic rings. The third-order valence-electron chi connectivity index (χ3n) is 2.33. The van der Waals surface area contributed by atoms with Crippen LogP contribution in [0.3, 0.4) is 0 Å². The highest BCUT2D eigenvalue weighted by atomic mass is 32.1. The van der Waals surface area contributed by atoms with Gasteiger partial charge in [0.1, 0.15) is 5.52 Å². The zero-order valence-corrected chi connectivity index (χ0v) is 9.14. The summed E-state index contributed by atoms with van der Waals surface area (Å²) in [6, 6.07) is 0. The summed E-state index contributed by atoms with van der Waals surface area (Å²) in [7, 11) is 0. The Morgan fingerprint density at radius 3 is 3.20 bits per heavy atom. The van der Waals surface area contributed by atoms with Gasteiger partial charge in [0.25, 0.3) is 0 Å². The smallest absolute Gasteiger partial charge is 0.217 e. The number of nitrogens with zero attached hydrogens (tertiary/aromatic N) is 1. The summed E-state index contributed by atoms with van der Waals surface area (Å²) in [5, 5.41) is 2.08. The first-order valence-electron chi connectivity index (χ1n) is 4.95. The fraction of sp³-hybridized carbons (Fsp3) is 0.400. The number of unbranched alkanes of at least 4 members (excludes halogenated alkanes) is 1. The van der Waals surface area contributed by atoms with E-state index in [1.54, 1.807) is 17.7 Å². The van der Waals surface area contributed by atoms with Crippen LogP contribution in [0.25, 0.3) is 11.0 Å². The summed E-state index contributed by atoms with van der Waals surface area (Å²) in [5.74, 6) is -0.217. The molecule has 0 atom stereocenters. The number of thiophene rings is 1. The number of aryl methyl sites for hydroxylation is 1. The molecule has 3 N–H and O–H groups in total. The van der Waals surface area contributed by atoms with E-state index >= 15 is 0 Å². The Morgan fingerprint density at radius 2 is 2.40 bits per heavy atom. The number of nitrogens with two attached hydrogens (primary N) is 1. The predicted molar refractivity (Wildman–Crippen MR) is 60.7 cm³/mol. The van der Waals surface area contributed by atoms with Gasteiger partial charge in [-0.2, -0.15) is 0 Å². The van der Waals surface area contributed by atoms with Crippen LogP contribution >= 0.6 is 11.3 Å². The van der Waals surface area contributed by atoms with Gasteiger partial charge in [0.05, 0.1) is 11.8 Å². The Balaban J connectivity index is 1.90. The molecule has 5 heteroatoms. The number of fused-ring (bicyclic) bond motifs is 1. The number of hydrogen-bond donors (Lipinski definition) is 2. The van der Waals surface area contributed by atoms with Gasteiger partial charge in [-0.3, -0.25) is 4.79 Å². The summed E-state index contributed by atoms with van der Waals surface area (Å²) >= 11 is 1.72. The van der Waals surface area contributed by atoms with Gasteiger partial charge in [0.2, 0.25) is 5.91 Å². The van der Waals surface area contributed by atoms with E-state index in [0.717, 1.165) is 30.3 Å². The van der Waals surface area contributed by atoms with Crippen LogP contribution < -0.4 is 5.73 Å². The summed E-state index contributed by atoms with van der Waals surface area (Å²) in [6.45, 7) is 0. The number of primary amides is 1. The average Bonchev–Trinajstić information content (AvgIpc) is 2.74. The maximum Gasteiger partial charge on any atom is 0.217 e. The van der Waals surface area contributed by atoms with Crippen LogP contribution in [0, 0.1) is 0 Å². The second kappa shape index (κ2) is 4.44. The lowest BCUT2D eigenvalue weighted by atomic mass is 10.1. The van der Waals surface area contributed by atoms with Gasteiger partial charge < -0.3 is 10.7 Å². The monoisotopic (exact) mass is 223 g/mol. The van der Waals surface area contributed by atoms with Crippen molar-refractivity contribution in [2.24, 2.45) is 5.73 Å². The quantitative estimate of drug-likeness (QED) is 0.759. The fourth-order valence-electron chi connectivity index (χ4n) is 1.56. The van der Waals surface area contributed by atoms with Gasteiger partial charge in [0, 0.05) is 16.7 Å². The molecule has 0 saturated carbocycles. The van der Waals surface area contributed by atoms with Crippen molar-refractivity contribution in [2.75, 3.05) is 0 Å². The van der Waals surface area contributed by atoms with Crippen molar-refractivity contribution in [1.29, 1.82) is 0 Å². The molecule has 15 heavy (non-hydrogen) atoms. The van der Waals surface area contributed by atoms with Crippen molar-refractivity contribution in [2.45, 2.75) is 25.7 Å². The van der Waals surface area contributed by atoms with Gasteiger partial charge in [0.15, 0.2) is 0 Å². The first-order chi connectivity index (χ1) is 7.27. The zero-order valence-electron chi connectivity index (χ0n) is 8.32. The van der Waals surface area contributed by atoms with E-state index in [1.807, 2.05) is 0 Å². The molecule has 2 aromatic heterocycles. The van der Waals surface area contributed by atoms with Crippen LogP contribution in [-0.4, -0.2) is 15.9 Å². The summed E-state index contributed by atoms with van der Waals surface area (Å²) in [5.41, 5.74) is 7.24. The molecular formula is C10H13N3OS. The van der Waals surface area contributed by atoms with Crippen LogP contribution in [0.4, 0.5) is 0 Å². The van der Waals surface area contributed by atoms with Crippen molar-refractivity contribution in [3.05, 3.63) is 16.6 Å². The molecular weight excluding hydrogens is 210 g/mol. The standard InChI is InChI=1S/C10H13N3OS/c11-9(14)4-2-1-3-8-10-7(5-15-8)12-6-13-10/h5-6H,1-4H2,(H2,11,14)(H,12,13). The van der Waals surface area contributed by atoms with E-state index in [0.29, 0.717) is 6.42 Å². The molecule has 1 amide bonds. The highest BCUT2D eigenvalue weighted by Crippen LogP contribution is 2.24.